The molecule has 0 unspecified atom stereocenters. The Morgan fingerprint density at radius 3 is 2.23 bits per heavy atom. The van der Waals surface area contributed by atoms with Gasteiger partial charge in [-0.2, -0.15) is 0 Å². The zero-order valence-corrected chi connectivity index (χ0v) is 18.9. The van der Waals surface area contributed by atoms with Crippen LogP contribution < -0.4 is 5.32 Å². The standard InChI is InChI=1S/C22H23Cl3FN3O/c1-28(13-14-6-17(23)10-18(26)7-14)21(30)22(29-4-2-27-3-5-29)11-15-8-19(24)20(25)9-16(15)12-22/h6-10,27H,2-5,11-13H2,1H3. The molecule has 1 amide bonds. The smallest absolute Gasteiger partial charge is 0.243 e. The number of amides is 1. The molecule has 1 saturated heterocycles. The van der Waals surface area contributed by atoms with Gasteiger partial charge in [-0.05, 0) is 47.0 Å². The number of hydrogen-bond acceptors (Lipinski definition) is 3. The van der Waals surface area contributed by atoms with Crippen LogP contribution in [-0.4, -0.2) is 54.5 Å². The largest absolute Gasteiger partial charge is 0.340 e. The van der Waals surface area contributed by atoms with Crippen LogP contribution in [0.3, 0.4) is 0 Å². The van der Waals surface area contributed by atoms with Crippen LogP contribution in [0.25, 0.3) is 0 Å². The van der Waals surface area contributed by atoms with Gasteiger partial charge in [0.15, 0.2) is 0 Å². The molecule has 30 heavy (non-hydrogen) atoms. The van der Waals surface area contributed by atoms with E-state index in [9.17, 15) is 9.18 Å². The van der Waals surface area contributed by atoms with Gasteiger partial charge in [-0.25, -0.2) is 4.39 Å². The van der Waals surface area contributed by atoms with E-state index in [0.717, 1.165) is 37.3 Å². The van der Waals surface area contributed by atoms with Crippen molar-refractivity contribution in [3.05, 3.63) is 67.9 Å². The number of carbonyl (C=O) groups is 1. The lowest BCUT2D eigenvalue weighted by atomic mass is 9.90. The summed E-state index contributed by atoms with van der Waals surface area (Å²) in [5.41, 5.74) is 2.06. The van der Waals surface area contributed by atoms with Gasteiger partial charge in [-0.3, -0.25) is 9.69 Å². The first-order valence-electron chi connectivity index (χ1n) is 9.91. The van der Waals surface area contributed by atoms with Crippen LogP contribution in [0.15, 0.2) is 30.3 Å². The highest BCUT2D eigenvalue weighted by Gasteiger charge is 2.50. The predicted octanol–water partition coefficient (Wildman–Crippen LogP) is 4.19. The van der Waals surface area contributed by atoms with Crippen LogP contribution >= 0.6 is 34.8 Å². The van der Waals surface area contributed by atoms with Crippen LogP contribution in [0.1, 0.15) is 16.7 Å². The summed E-state index contributed by atoms with van der Waals surface area (Å²) in [4.78, 5) is 17.8. The highest BCUT2D eigenvalue weighted by molar-refractivity contribution is 6.42. The van der Waals surface area contributed by atoms with E-state index in [1.807, 2.05) is 12.1 Å². The number of nitrogens with zero attached hydrogens (tertiary/aromatic N) is 2. The van der Waals surface area contributed by atoms with Gasteiger partial charge in [0.1, 0.15) is 11.4 Å². The van der Waals surface area contributed by atoms with E-state index in [-0.39, 0.29) is 12.5 Å². The molecule has 4 rings (SSSR count). The maximum absolute atomic E-state index is 13.9. The SMILES string of the molecule is CN(Cc1cc(F)cc(Cl)c1)C(=O)C1(N2CCNCC2)Cc2cc(Cl)c(Cl)cc2C1. The van der Waals surface area contributed by atoms with Gasteiger partial charge in [0.25, 0.3) is 0 Å². The zero-order chi connectivity index (χ0) is 21.5. The monoisotopic (exact) mass is 469 g/mol. The van der Waals surface area contributed by atoms with Crippen LogP contribution in [0.4, 0.5) is 4.39 Å². The summed E-state index contributed by atoms with van der Waals surface area (Å²) in [5, 5.41) is 4.67. The third-order valence-electron chi connectivity index (χ3n) is 6.02. The second kappa shape index (κ2) is 8.64. The number of hydrogen-bond donors (Lipinski definition) is 1. The molecular formula is C22H23Cl3FN3O. The van der Waals surface area contributed by atoms with Crippen LogP contribution in [0.5, 0.6) is 0 Å². The summed E-state index contributed by atoms with van der Waals surface area (Å²) in [6.07, 6.45) is 1.15. The maximum atomic E-state index is 13.9. The lowest BCUT2D eigenvalue weighted by Crippen LogP contribution is -2.63. The van der Waals surface area contributed by atoms with Crippen molar-refractivity contribution in [1.29, 1.82) is 0 Å². The quantitative estimate of drug-likeness (QED) is 0.728. The highest BCUT2D eigenvalue weighted by atomic mass is 35.5. The molecule has 2 aliphatic rings. The summed E-state index contributed by atoms with van der Waals surface area (Å²) < 4.78 is 13.8. The van der Waals surface area contributed by atoms with Crippen molar-refractivity contribution in [3.63, 3.8) is 0 Å². The fraction of sp³-hybridized carbons (Fsp3) is 0.409. The Balaban J connectivity index is 1.65. The van der Waals surface area contributed by atoms with Gasteiger partial charge < -0.3 is 10.2 Å². The lowest BCUT2D eigenvalue weighted by molar-refractivity contribution is -0.144. The van der Waals surface area contributed by atoms with Crippen molar-refractivity contribution < 1.29 is 9.18 Å². The van der Waals surface area contributed by atoms with Gasteiger partial charge in [-0.15, -0.1) is 0 Å². The van der Waals surface area contributed by atoms with E-state index < -0.39 is 11.4 Å². The molecule has 0 radical (unpaired) electrons. The van der Waals surface area contributed by atoms with E-state index >= 15 is 0 Å². The molecule has 160 valence electrons. The zero-order valence-electron chi connectivity index (χ0n) is 16.7. The van der Waals surface area contributed by atoms with E-state index in [0.29, 0.717) is 33.5 Å². The molecule has 1 N–H and O–H groups in total. The van der Waals surface area contributed by atoms with E-state index in [2.05, 4.69) is 10.2 Å². The first-order chi connectivity index (χ1) is 14.3. The molecule has 0 aromatic heterocycles. The molecule has 1 fully saturated rings. The summed E-state index contributed by atoms with van der Waals surface area (Å²) in [5.74, 6) is -0.402. The normalized spacial score (nSPS) is 18.3. The number of piperazine rings is 1. The van der Waals surface area contributed by atoms with Crippen molar-refractivity contribution in [2.24, 2.45) is 0 Å². The molecule has 1 aliphatic carbocycles. The van der Waals surface area contributed by atoms with Gasteiger partial charge in [0.2, 0.25) is 5.91 Å². The minimum atomic E-state index is -0.704. The number of benzene rings is 2. The van der Waals surface area contributed by atoms with Crippen LogP contribution in [0.2, 0.25) is 15.1 Å². The number of likely N-dealkylation sites (N-methyl/N-ethyl adjacent to an activating group) is 1. The molecule has 1 aliphatic heterocycles. The van der Waals surface area contributed by atoms with E-state index in [1.165, 1.54) is 12.1 Å². The average Bonchev–Trinajstić information content (AvgIpc) is 3.07. The minimum absolute atomic E-state index is 0.00762. The van der Waals surface area contributed by atoms with Gasteiger partial charge in [0.05, 0.1) is 10.0 Å². The number of fused-ring (bicyclic) bond motifs is 1. The van der Waals surface area contributed by atoms with Crippen molar-refractivity contribution >= 4 is 40.7 Å². The van der Waals surface area contributed by atoms with Crippen LogP contribution in [0, 0.1) is 5.82 Å². The van der Waals surface area contributed by atoms with Crippen molar-refractivity contribution in [2.45, 2.75) is 24.9 Å². The second-order valence-corrected chi connectivity index (χ2v) is 9.35. The van der Waals surface area contributed by atoms with Crippen molar-refractivity contribution in [1.82, 2.24) is 15.1 Å². The number of carbonyl (C=O) groups excluding carboxylic acids is 1. The summed E-state index contributed by atoms with van der Waals surface area (Å²) in [6.45, 7) is 3.50. The molecule has 4 nitrogen and oxygen atoms in total. The molecular weight excluding hydrogens is 448 g/mol. The molecule has 1 heterocycles. The van der Waals surface area contributed by atoms with Crippen LogP contribution in [-0.2, 0) is 24.2 Å². The van der Waals surface area contributed by atoms with E-state index in [4.69, 9.17) is 34.8 Å². The number of rotatable bonds is 4. The summed E-state index contributed by atoms with van der Waals surface area (Å²) >= 11 is 18.5. The number of halogens is 4. The van der Waals surface area contributed by atoms with Crippen molar-refractivity contribution in [3.8, 4) is 0 Å². The highest BCUT2D eigenvalue weighted by Crippen LogP contribution is 2.40. The summed E-state index contributed by atoms with van der Waals surface area (Å²) in [6, 6.07) is 8.12. The number of nitrogens with one attached hydrogen (secondary N) is 1. The molecule has 8 heteroatoms. The molecule has 0 saturated carbocycles. The Bertz CT molecular complexity index is 927. The Morgan fingerprint density at radius 1 is 1.07 bits per heavy atom. The van der Waals surface area contributed by atoms with Gasteiger partial charge in [0, 0.05) is 57.6 Å². The molecule has 0 bridgehead atoms. The molecule has 2 aromatic carbocycles. The van der Waals surface area contributed by atoms with Gasteiger partial charge >= 0.3 is 0 Å². The molecule has 0 atom stereocenters. The Kier molecular flexibility index (Phi) is 6.29. The first kappa shape index (κ1) is 21.8. The van der Waals surface area contributed by atoms with Crippen molar-refractivity contribution in [2.75, 3.05) is 33.2 Å². The fourth-order valence-electron chi connectivity index (χ4n) is 4.66. The topological polar surface area (TPSA) is 35.6 Å². The molecule has 2 aromatic rings. The van der Waals surface area contributed by atoms with E-state index in [1.54, 1.807) is 18.0 Å². The molecule has 0 spiro atoms. The first-order valence-corrected chi connectivity index (χ1v) is 11.0. The second-order valence-electron chi connectivity index (χ2n) is 8.10. The predicted molar refractivity (Wildman–Crippen MR) is 119 cm³/mol. The summed E-state index contributed by atoms with van der Waals surface area (Å²) in [7, 11) is 1.76. The lowest BCUT2D eigenvalue weighted by Gasteiger charge is -2.44. The third-order valence-corrected chi connectivity index (χ3v) is 6.96. The van der Waals surface area contributed by atoms with Gasteiger partial charge in [-0.1, -0.05) is 34.8 Å². The minimum Gasteiger partial charge on any atom is -0.340 e. The average molecular weight is 471 g/mol. The maximum Gasteiger partial charge on any atom is 0.243 e. The fourth-order valence-corrected chi connectivity index (χ4v) is 5.27. The Labute approximate surface area is 190 Å². The Hall–Kier alpha value is -1.37. The Morgan fingerprint density at radius 2 is 1.67 bits per heavy atom. The third kappa shape index (κ3) is 4.19.